The van der Waals surface area contributed by atoms with Gasteiger partial charge in [-0.25, -0.2) is 13.3 Å². The molecule has 1 unspecified atom stereocenters. The lowest BCUT2D eigenvalue weighted by Crippen LogP contribution is -2.51. The third-order valence-electron chi connectivity index (χ3n) is 6.76. The lowest BCUT2D eigenvalue weighted by Gasteiger charge is -2.30. The maximum absolute atomic E-state index is 13.5. The van der Waals surface area contributed by atoms with Gasteiger partial charge in [0.25, 0.3) is 0 Å². The molecule has 0 bridgehead atoms. The number of alkyl carbamates (subject to hydrolysis) is 1. The maximum Gasteiger partial charge on any atom is 0.407 e. The molecule has 10 heteroatoms. The van der Waals surface area contributed by atoms with Crippen molar-refractivity contribution in [3.8, 4) is 5.75 Å². The van der Waals surface area contributed by atoms with Gasteiger partial charge in [0.2, 0.25) is 0 Å². The molecule has 0 radical (unpaired) electrons. The van der Waals surface area contributed by atoms with Crippen molar-refractivity contribution in [2.75, 3.05) is 33.4 Å². The van der Waals surface area contributed by atoms with Crippen LogP contribution < -0.4 is 10.1 Å². The Morgan fingerprint density at radius 2 is 1.87 bits per heavy atom. The van der Waals surface area contributed by atoms with Gasteiger partial charge in [0.05, 0.1) is 43.3 Å². The lowest BCUT2D eigenvalue weighted by atomic mass is 10.0. The van der Waals surface area contributed by atoms with Gasteiger partial charge in [-0.3, -0.25) is 0 Å². The molecule has 0 aliphatic carbocycles. The third-order valence-corrected chi connectivity index (χ3v) is 8.21. The number of aliphatic hydroxyl groups excluding tert-OH is 1. The van der Waals surface area contributed by atoms with Gasteiger partial charge < -0.3 is 29.4 Å². The van der Waals surface area contributed by atoms with Crippen LogP contribution in [0.5, 0.6) is 5.75 Å². The van der Waals surface area contributed by atoms with Crippen molar-refractivity contribution >= 4 is 17.1 Å². The predicted molar refractivity (Wildman–Crippen MR) is 143 cm³/mol. The number of carbonyl (C=O) groups excluding carboxylic acids is 1. The van der Waals surface area contributed by atoms with E-state index in [1.54, 1.807) is 35.7 Å². The Morgan fingerprint density at radius 1 is 1.13 bits per heavy atom. The number of nitrogens with zero attached hydrogens (tertiary/aromatic N) is 1. The normalized spacial score (nSPS) is 23.2. The average molecular weight is 547 g/mol. The fourth-order valence-corrected chi connectivity index (χ4v) is 6.20. The molecule has 0 aromatic heterocycles. The second kappa shape index (κ2) is 13.5. The minimum absolute atomic E-state index is 0.0201. The SMILES string of the molecule is COc1ccc(S(=O)N(CC(C)C)C[C@@H](O)[C@H](Cc2ccccc2)NC(=O)O[C@H]2CO[C@H]3OCC[C@H]32)cc1. The number of methoxy groups -OCH3 is 1. The van der Waals surface area contributed by atoms with Gasteiger partial charge in [-0.15, -0.1) is 0 Å². The molecule has 2 saturated heterocycles. The highest BCUT2D eigenvalue weighted by molar-refractivity contribution is 7.82. The quantitative estimate of drug-likeness (QED) is 0.421. The summed E-state index contributed by atoms with van der Waals surface area (Å²) < 4.78 is 37.3. The van der Waals surface area contributed by atoms with E-state index in [0.29, 0.717) is 30.2 Å². The molecule has 9 nitrogen and oxygen atoms in total. The third kappa shape index (κ3) is 7.54. The van der Waals surface area contributed by atoms with Crippen molar-refractivity contribution in [2.24, 2.45) is 11.8 Å². The van der Waals surface area contributed by atoms with Crippen LogP contribution in [0.3, 0.4) is 0 Å². The highest BCUT2D eigenvalue weighted by Gasteiger charge is 2.44. The number of benzene rings is 2. The number of ether oxygens (including phenoxy) is 4. The van der Waals surface area contributed by atoms with E-state index >= 15 is 0 Å². The van der Waals surface area contributed by atoms with Crippen molar-refractivity contribution in [2.45, 2.75) is 56.1 Å². The molecule has 0 spiro atoms. The summed E-state index contributed by atoms with van der Waals surface area (Å²) in [5.74, 6) is 0.903. The smallest absolute Gasteiger partial charge is 0.407 e. The molecular formula is C28H38N2O7S. The van der Waals surface area contributed by atoms with Crippen molar-refractivity contribution < 1.29 is 33.1 Å². The van der Waals surface area contributed by atoms with Crippen LogP contribution in [0.2, 0.25) is 0 Å². The van der Waals surface area contributed by atoms with E-state index < -0.39 is 35.3 Å². The molecule has 2 aromatic carbocycles. The number of hydrogen-bond acceptors (Lipinski definition) is 7. The van der Waals surface area contributed by atoms with E-state index in [9.17, 15) is 14.1 Å². The summed E-state index contributed by atoms with van der Waals surface area (Å²) in [7, 11) is 0.0695. The van der Waals surface area contributed by atoms with Gasteiger partial charge in [-0.1, -0.05) is 44.2 Å². The monoisotopic (exact) mass is 546 g/mol. The van der Waals surface area contributed by atoms with Gasteiger partial charge in [0, 0.05) is 13.1 Å². The Hall–Kier alpha value is -2.50. The van der Waals surface area contributed by atoms with E-state index in [4.69, 9.17) is 18.9 Å². The lowest BCUT2D eigenvalue weighted by molar-refractivity contribution is -0.0907. The van der Waals surface area contributed by atoms with Gasteiger partial charge in [-0.2, -0.15) is 0 Å². The number of amides is 1. The highest BCUT2D eigenvalue weighted by Crippen LogP contribution is 2.33. The van der Waals surface area contributed by atoms with Crippen LogP contribution in [0.1, 0.15) is 25.8 Å². The first-order valence-electron chi connectivity index (χ1n) is 13.1. The van der Waals surface area contributed by atoms with Gasteiger partial charge in [0.15, 0.2) is 6.29 Å². The van der Waals surface area contributed by atoms with E-state index in [-0.39, 0.29) is 31.3 Å². The standard InChI is InChI=1S/C28H38N2O7S/c1-19(2)16-30(38(33)22-11-9-21(34-3)10-12-22)17-25(31)24(15-20-7-5-4-6-8-20)29-28(32)37-26-18-36-27-23(26)13-14-35-27/h4-12,19,23-27,31H,13-18H2,1-3H3,(H,29,32)/t23-,24-,25+,26-,27+,38?/m0/s1. The van der Waals surface area contributed by atoms with Crippen molar-refractivity contribution in [1.82, 2.24) is 9.62 Å². The van der Waals surface area contributed by atoms with Crippen LogP contribution in [0.25, 0.3) is 0 Å². The molecule has 38 heavy (non-hydrogen) atoms. The molecule has 2 aliphatic heterocycles. The molecule has 1 amide bonds. The first kappa shape index (κ1) is 28.5. The Morgan fingerprint density at radius 3 is 2.55 bits per heavy atom. The molecule has 0 saturated carbocycles. The summed E-state index contributed by atoms with van der Waals surface area (Å²) in [5.41, 5.74) is 0.956. The summed E-state index contributed by atoms with van der Waals surface area (Å²) in [5, 5.41) is 14.3. The Bertz CT molecular complexity index is 1050. The van der Waals surface area contributed by atoms with Crippen LogP contribution in [0, 0.1) is 11.8 Å². The van der Waals surface area contributed by atoms with Gasteiger partial charge >= 0.3 is 6.09 Å². The summed E-state index contributed by atoms with van der Waals surface area (Å²) in [4.78, 5) is 13.6. The minimum atomic E-state index is -1.51. The molecule has 4 rings (SSSR count). The number of carbonyl (C=O) groups is 1. The first-order valence-corrected chi connectivity index (χ1v) is 14.2. The number of rotatable bonds is 12. The zero-order valence-electron chi connectivity index (χ0n) is 22.2. The fraction of sp³-hybridized carbons (Fsp3) is 0.536. The molecule has 2 aromatic rings. The molecule has 2 heterocycles. The summed E-state index contributed by atoms with van der Waals surface area (Å²) in [6, 6.07) is 16.0. The molecule has 2 fully saturated rings. The van der Waals surface area contributed by atoms with Crippen LogP contribution in [-0.4, -0.2) is 77.7 Å². The Balaban J connectivity index is 1.46. The van der Waals surface area contributed by atoms with Crippen molar-refractivity contribution in [3.63, 3.8) is 0 Å². The molecular weight excluding hydrogens is 508 g/mol. The Kier molecular flexibility index (Phi) is 10.1. The predicted octanol–water partition coefficient (Wildman–Crippen LogP) is 3.14. The minimum Gasteiger partial charge on any atom is -0.497 e. The first-order chi connectivity index (χ1) is 18.3. The van der Waals surface area contributed by atoms with Crippen molar-refractivity contribution in [1.29, 1.82) is 0 Å². The summed E-state index contributed by atoms with van der Waals surface area (Å²) in [6.07, 6.45) is -1.17. The summed E-state index contributed by atoms with van der Waals surface area (Å²) >= 11 is 0. The van der Waals surface area contributed by atoms with Crippen LogP contribution in [0.15, 0.2) is 59.5 Å². The highest BCUT2D eigenvalue weighted by atomic mass is 32.2. The Labute approximate surface area is 227 Å². The second-order valence-corrected chi connectivity index (χ2v) is 11.6. The number of nitrogens with one attached hydrogen (secondary N) is 1. The van der Waals surface area contributed by atoms with E-state index in [1.807, 2.05) is 44.2 Å². The summed E-state index contributed by atoms with van der Waals surface area (Å²) in [6.45, 7) is 5.54. The number of hydrogen-bond donors (Lipinski definition) is 2. The molecule has 6 atom stereocenters. The number of aliphatic hydroxyl groups is 1. The fourth-order valence-electron chi connectivity index (χ4n) is 4.82. The van der Waals surface area contributed by atoms with E-state index in [0.717, 1.165) is 12.0 Å². The van der Waals surface area contributed by atoms with Crippen LogP contribution >= 0.6 is 0 Å². The second-order valence-electron chi connectivity index (χ2n) is 10.1. The molecule has 2 aliphatic rings. The van der Waals surface area contributed by atoms with Crippen molar-refractivity contribution in [3.05, 3.63) is 60.2 Å². The largest absolute Gasteiger partial charge is 0.497 e. The van der Waals surface area contributed by atoms with E-state index in [1.165, 1.54) is 0 Å². The average Bonchev–Trinajstić information content (AvgIpc) is 3.53. The topological polar surface area (TPSA) is 107 Å². The maximum atomic E-state index is 13.5. The number of fused-ring (bicyclic) bond motifs is 1. The molecule has 208 valence electrons. The molecule has 2 N–H and O–H groups in total. The van der Waals surface area contributed by atoms with Gasteiger partial charge in [-0.05, 0) is 48.6 Å². The van der Waals surface area contributed by atoms with Gasteiger partial charge in [0.1, 0.15) is 22.8 Å². The van der Waals surface area contributed by atoms with Crippen LogP contribution in [0.4, 0.5) is 4.79 Å². The van der Waals surface area contributed by atoms with E-state index in [2.05, 4.69) is 5.32 Å². The van der Waals surface area contributed by atoms with Crippen LogP contribution in [-0.2, 0) is 31.6 Å². The zero-order chi connectivity index (χ0) is 27.1. The zero-order valence-corrected chi connectivity index (χ0v) is 23.0.